The third kappa shape index (κ3) is 6.57. The Kier molecular flexibility index (Phi) is 8.77. The molecule has 2 aromatic carbocycles. The van der Waals surface area contributed by atoms with E-state index in [2.05, 4.69) is 20.9 Å². The molecule has 3 N–H and O–H groups in total. The first-order valence-corrected chi connectivity index (χ1v) is 11.0. The summed E-state index contributed by atoms with van der Waals surface area (Å²) < 4.78 is 10.6. The highest BCUT2D eigenvalue weighted by atomic mass is 16.5. The van der Waals surface area contributed by atoms with Crippen molar-refractivity contribution in [2.45, 2.75) is 26.1 Å². The molecule has 0 fully saturated rings. The fourth-order valence-electron chi connectivity index (χ4n) is 3.42. The highest BCUT2D eigenvalue weighted by Crippen LogP contribution is 2.18. The van der Waals surface area contributed by atoms with Crippen LogP contribution in [0.4, 0.5) is 0 Å². The average Bonchev–Trinajstić information content (AvgIpc) is 2.90. The number of para-hydroxylation sites is 2. The molecule has 1 heterocycles. The van der Waals surface area contributed by atoms with Gasteiger partial charge in [-0.3, -0.25) is 19.4 Å². The van der Waals surface area contributed by atoms with E-state index in [0.29, 0.717) is 11.5 Å². The van der Waals surface area contributed by atoms with Crippen molar-refractivity contribution >= 4 is 17.7 Å². The number of nitrogens with one attached hydrogen (secondary N) is 3. The van der Waals surface area contributed by atoms with Gasteiger partial charge in [0.05, 0.1) is 25.3 Å². The number of nitrogens with zero attached hydrogens (tertiary/aromatic N) is 1. The fourth-order valence-corrected chi connectivity index (χ4v) is 3.42. The third-order valence-corrected chi connectivity index (χ3v) is 5.33. The van der Waals surface area contributed by atoms with Gasteiger partial charge in [0.2, 0.25) is 5.91 Å². The zero-order valence-electron chi connectivity index (χ0n) is 19.8. The maximum Gasteiger partial charge on any atom is 0.253 e. The molecule has 0 saturated carbocycles. The molecule has 0 saturated heterocycles. The number of rotatable bonds is 10. The smallest absolute Gasteiger partial charge is 0.253 e. The summed E-state index contributed by atoms with van der Waals surface area (Å²) >= 11 is 0. The highest BCUT2D eigenvalue weighted by Gasteiger charge is 2.21. The van der Waals surface area contributed by atoms with Crippen LogP contribution in [0.25, 0.3) is 0 Å². The minimum Gasteiger partial charge on any atom is -0.496 e. The Hall–Kier alpha value is -4.40. The number of pyridine rings is 1. The summed E-state index contributed by atoms with van der Waals surface area (Å²) in [6, 6.07) is 15.2. The topological polar surface area (TPSA) is 119 Å². The quantitative estimate of drug-likeness (QED) is 0.414. The summed E-state index contributed by atoms with van der Waals surface area (Å²) in [5.74, 6) is -0.104. The first kappa shape index (κ1) is 25.2. The van der Waals surface area contributed by atoms with E-state index >= 15 is 0 Å². The van der Waals surface area contributed by atoms with Gasteiger partial charge in [0.1, 0.15) is 17.5 Å². The van der Waals surface area contributed by atoms with Crippen LogP contribution in [0.1, 0.15) is 38.8 Å². The normalized spacial score (nSPS) is 11.2. The predicted molar refractivity (Wildman–Crippen MR) is 130 cm³/mol. The SMILES string of the molecule is COc1ccccc1CNC(=O)c1cnccc1C(=O)N[C@H](C)C(=O)NCc1ccccc1OC. The minimum atomic E-state index is -0.838. The van der Waals surface area contributed by atoms with Gasteiger partial charge in [-0.2, -0.15) is 0 Å². The zero-order chi connectivity index (χ0) is 25.2. The van der Waals surface area contributed by atoms with Crippen LogP contribution in [-0.4, -0.2) is 43.0 Å². The second kappa shape index (κ2) is 12.2. The van der Waals surface area contributed by atoms with E-state index in [-0.39, 0.29) is 30.1 Å². The van der Waals surface area contributed by atoms with Gasteiger partial charge in [-0.1, -0.05) is 36.4 Å². The van der Waals surface area contributed by atoms with E-state index in [9.17, 15) is 14.4 Å². The Bertz CT molecular complexity index is 1200. The summed E-state index contributed by atoms with van der Waals surface area (Å²) in [6.45, 7) is 2.02. The lowest BCUT2D eigenvalue weighted by molar-refractivity contribution is -0.122. The van der Waals surface area contributed by atoms with Crippen molar-refractivity contribution in [1.29, 1.82) is 0 Å². The van der Waals surface area contributed by atoms with Gasteiger partial charge in [0.25, 0.3) is 11.8 Å². The van der Waals surface area contributed by atoms with Crippen molar-refractivity contribution in [2.75, 3.05) is 14.2 Å². The standard InChI is InChI=1S/C26H28N4O5/c1-17(24(31)28-14-18-8-4-6-10-22(18)34-2)30-26(33)20-12-13-27-16-21(20)25(32)29-15-19-9-5-7-11-23(19)35-3/h4-13,16-17H,14-15H2,1-3H3,(H,28,31)(H,29,32)(H,30,33)/t17-/m1/s1. The number of carbonyl (C=O) groups excluding carboxylic acids is 3. The molecule has 182 valence electrons. The Morgan fingerprint density at radius 1 is 0.800 bits per heavy atom. The molecule has 0 aliphatic rings. The van der Waals surface area contributed by atoms with Crippen molar-refractivity contribution in [1.82, 2.24) is 20.9 Å². The highest BCUT2D eigenvalue weighted by molar-refractivity contribution is 6.07. The van der Waals surface area contributed by atoms with Crippen LogP contribution in [0.2, 0.25) is 0 Å². The van der Waals surface area contributed by atoms with Gasteiger partial charge in [-0.25, -0.2) is 0 Å². The van der Waals surface area contributed by atoms with Crippen LogP contribution in [0.3, 0.4) is 0 Å². The Morgan fingerprint density at radius 3 is 1.97 bits per heavy atom. The van der Waals surface area contributed by atoms with Crippen molar-refractivity contribution in [3.05, 3.63) is 89.2 Å². The molecule has 35 heavy (non-hydrogen) atoms. The second-order valence-corrected chi connectivity index (χ2v) is 7.64. The lowest BCUT2D eigenvalue weighted by Gasteiger charge is -2.16. The molecule has 0 spiro atoms. The molecule has 3 rings (SSSR count). The molecule has 3 aromatic rings. The van der Waals surface area contributed by atoms with E-state index < -0.39 is 17.9 Å². The number of aromatic nitrogens is 1. The lowest BCUT2D eigenvalue weighted by Crippen LogP contribution is -2.45. The first-order valence-electron chi connectivity index (χ1n) is 11.0. The third-order valence-electron chi connectivity index (χ3n) is 5.33. The van der Waals surface area contributed by atoms with Gasteiger partial charge >= 0.3 is 0 Å². The van der Waals surface area contributed by atoms with Crippen LogP contribution in [0.5, 0.6) is 11.5 Å². The summed E-state index contributed by atoms with van der Waals surface area (Å²) in [6.07, 6.45) is 2.73. The van der Waals surface area contributed by atoms with Crippen molar-refractivity contribution in [3.8, 4) is 11.5 Å². The van der Waals surface area contributed by atoms with Crippen LogP contribution in [-0.2, 0) is 17.9 Å². The van der Waals surface area contributed by atoms with Crippen LogP contribution < -0.4 is 25.4 Å². The molecule has 0 aliphatic carbocycles. The zero-order valence-corrected chi connectivity index (χ0v) is 19.8. The molecule has 0 aliphatic heterocycles. The Balaban J connectivity index is 1.62. The van der Waals surface area contributed by atoms with Gasteiger partial charge in [0, 0.05) is 36.6 Å². The largest absolute Gasteiger partial charge is 0.496 e. The fraction of sp³-hybridized carbons (Fsp3) is 0.231. The van der Waals surface area contributed by atoms with Gasteiger partial charge in [-0.15, -0.1) is 0 Å². The number of ether oxygens (including phenoxy) is 2. The summed E-state index contributed by atoms with van der Waals surface area (Å²) in [4.78, 5) is 42.2. The Labute approximate surface area is 203 Å². The van der Waals surface area contributed by atoms with Crippen molar-refractivity contribution < 1.29 is 23.9 Å². The second-order valence-electron chi connectivity index (χ2n) is 7.64. The minimum absolute atomic E-state index is 0.0986. The monoisotopic (exact) mass is 476 g/mol. The molecule has 9 heteroatoms. The molecule has 0 unspecified atom stereocenters. The van der Waals surface area contributed by atoms with E-state index in [1.54, 1.807) is 33.3 Å². The van der Waals surface area contributed by atoms with E-state index in [1.165, 1.54) is 18.5 Å². The number of hydrogen-bond acceptors (Lipinski definition) is 6. The maximum absolute atomic E-state index is 12.9. The van der Waals surface area contributed by atoms with E-state index in [1.807, 2.05) is 36.4 Å². The maximum atomic E-state index is 12.9. The molecule has 9 nitrogen and oxygen atoms in total. The Morgan fingerprint density at radius 2 is 1.37 bits per heavy atom. The molecular weight excluding hydrogens is 448 g/mol. The summed E-state index contributed by atoms with van der Waals surface area (Å²) in [7, 11) is 3.11. The molecule has 1 aromatic heterocycles. The summed E-state index contributed by atoms with van der Waals surface area (Å²) in [5, 5.41) is 8.20. The number of hydrogen-bond donors (Lipinski definition) is 3. The van der Waals surface area contributed by atoms with Crippen LogP contribution in [0.15, 0.2) is 67.0 Å². The molecule has 0 bridgehead atoms. The number of carbonyl (C=O) groups is 3. The predicted octanol–water partition coefficient (Wildman–Crippen LogP) is 2.46. The number of amides is 3. The van der Waals surface area contributed by atoms with E-state index in [0.717, 1.165) is 11.1 Å². The average molecular weight is 477 g/mol. The number of benzene rings is 2. The summed E-state index contributed by atoms with van der Waals surface area (Å²) in [5.41, 5.74) is 1.81. The van der Waals surface area contributed by atoms with Crippen LogP contribution >= 0.6 is 0 Å². The molecule has 3 amide bonds. The van der Waals surface area contributed by atoms with Crippen LogP contribution in [0, 0.1) is 0 Å². The molecular formula is C26H28N4O5. The van der Waals surface area contributed by atoms with Crippen molar-refractivity contribution in [2.24, 2.45) is 0 Å². The van der Waals surface area contributed by atoms with Crippen molar-refractivity contribution in [3.63, 3.8) is 0 Å². The van der Waals surface area contributed by atoms with E-state index in [4.69, 9.17) is 9.47 Å². The van der Waals surface area contributed by atoms with Gasteiger partial charge in [0.15, 0.2) is 0 Å². The lowest BCUT2D eigenvalue weighted by atomic mass is 10.1. The number of methoxy groups -OCH3 is 2. The first-order chi connectivity index (χ1) is 16.9. The molecule has 1 atom stereocenters. The molecule has 0 radical (unpaired) electrons. The van der Waals surface area contributed by atoms with Gasteiger partial charge < -0.3 is 25.4 Å². The van der Waals surface area contributed by atoms with Gasteiger partial charge in [-0.05, 0) is 25.1 Å².